The van der Waals surface area contributed by atoms with E-state index in [-0.39, 0.29) is 17.2 Å². The monoisotopic (exact) mass is 412 g/mol. The first-order valence-electron chi connectivity index (χ1n) is 11.6. The molecule has 0 atom stereocenters. The summed E-state index contributed by atoms with van der Waals surface area (Å²) >= 11 is 0. The van der Waals surface area contributed by atoms with Gasteiger partial charge in [0.15, 0.2) is 0 Å². The minimum absolute atomic E-state index is 0.236. The molecule has 0 radical (unpaired) electrons. The highest BCUT2D eigenvalue weighted by molar-refractivity contribution is 5.85. The Labute approximate surface area is 182 Å². The fraction of sp³-hybridized carbons (Fsp3) is 0.615. The average Bonchev–Trinajstić information content (AvgIpc) is 3.14. The predicted molar refractivity (Wildman–Crippen MR) is 125 cm³/mol. The molecule has 2 rings (SSSR count). The molecule has 0 saturated carbocycles. The maximum atomic E-state index is 12.2. The number of esters is 1. The van der Waals surface area contributed by atoms with E-state index in [4.69, 9.17) is 4.74 Å². The molecule has 30 heavy (non-hydrogen) atoms. The number of aromatic amines is 1. The van der Waals surface area contributed by atoms with Crippen LogP contribution >= 0.6 is 0 Å². The summed E-state index contributed by atoms with van der Waals surface area (Å²) in [5.41, 5.74) is 5.11. The Balaban J connectivity index is 1.86. The molecule has 1 heterocycles. The zero-order chi connectivity index (χ0) is 22.0. The highest BCUT2D eigenvalue weighted by Crippen LogP contribution is 2.40. The van der Waals surface area contributed by atoms with Crippen molar-refractivity contribution in [3.63, 3.8) is 0 Å². The predicted octanol–water partition coefficient (Wildman–Crippen LogP) is 7.41. The molecule has 0 fully saturated rings. The summed E-state index contributed by atoms with van der Waals surface area (Å²) in [7, 11) is 0. The number of H-pyrrole nitrogens is 1. The molecule has 1 aliphatic carbocycles. The van der Waals surface area contributed by atoms with E-state index >= 15 is 0 Å². The Morgan fingerprint density at radius 2 is 1.97 bits per heavy atom. The first kappa shape index (κ1) is 24.2. The molecule has 1 N–H and O–H groups in total. The van der Waals surface area contributed by atoms with Crippen LogP contribution in [0.2, 0.25) is 0 Å². The molecule has 0 unspecified atom stereocenters. The van der Waals surface area contributed by atoms with E-state index in [0.717, 1.165) is 24.1 Å². The van der Waals surface area contributed by atoms with Crippen LogP contribution in [-0.4, -0.2) is 22.5 Å². The summed E-state index contributed by atoms with van der Waals surface area (Å²) in [6, 6.07) is 0. The lowest BCUT2D eigenvalue weighted by Gasteiger charge is -2.32. The molecular weight excluding hydrogens is 372 g/mol. The van der Waals surface area contributed by atoms with E-state index in [1.807, 2.05) is 6.08 Å². The first-order valence-corrected chi connectivity index (χ1v) is 11.6. The van der Waals surface area contributed by atoms with Crippen molar-refractivity contribution in [1.82, 2.24) is 9.97 Å². The van der Waals surface area contributed by atoms with Crippen LogP contribution < -0.4 is 0 Å². The zero-order valence-electron chi connectivity index (χ0n) is 19.6. The van der Waals surface area contributed by atoms with Gasteiger partial charge in [-0.25, -0.2) is 9.78 Å². The Kier molecular flexibility index (Phi) is 9.61. The van der Waals surface area contributed by atoms with Crippen molar-refractivity contribution >= 4 is 12.0 Å². The first-order chi connectivity index (χ1) is 14.3. The smallest absolute Gasteiger partial charge is 0.374 e. The van der Waals surface area contributed by atoms with Gasteiger partial charge in [-0.1, -0.05) is 70.6 Å². The molecule has 0 saturated heterocycles. The molecule has 0 spiro atoms. The molecule has 4 heteroatoms. The summed E-state index contributed by atoms with van der Waals surface area (Å²) < 4.78 is 5.34. The third-order valence-electron chi connectivity index (χ3n) is 5.96. The van der Waals surface area contributed by atoms with Crippen molar-refractivity contribution < 1.29 is 9.53 Å². The van der Waals surface area contributed by atoms with Crippen molar-refractivity contribution in [1.29, 1.82) is 0 Å². The second-order valence-electron chi connectivity index (χ2n) is 9.24. The second-order valence-corrected chi connectivity index (χ2v) is 9.24. The molecule has 0 aromatic carbocycles. The number of rotatable bonds is 11. The number of imidazole rings is 1. The zero-order valence-corrected chi connectivity index (χ0v) is 19.6. The average molecular weight is 413 g/mol. The van der Waals surface area contributed by atoms with Crippen LogP contribution in [0.15, 0.2) is 35.1 Å². The lowest BCUT2D eigenvalue weighted by atomic mass is 9.72. The number of allylic oxidation sites excluding steroid dienone is 5. The van der Waals surface area contributed by atoms with Gasteiger partial charge in [-0.2, -0.15) is 0 Å². The van der Waals surface area contributed by atoms with Crippen LogP contribution in [0.3, 0.4) is 0 Å². The third-order valence-corrected chi connectivity index (χ3v) is 5.96. The van der Waals surface area contributed by atoms with E-state index in [9.17, 15) is 4.79 Å². The van der Waals surface area contributed by atoms with Crippen LogP contribution in [-0.2, 0) is 4.74 Å². The topological polar surface area (TPSA) is 55.0 Å². The number of hydrogen-bond acceptors (Lipinski definition) is 3. The minimum Gasteiger partial charge on any atom is -0.460 e. The van der Waals surface area contributed by atoms with Crippen molar-refractivity contribution in [2.45, 2.75) is 92.4 Å². The van der Waals surface area contributed by atoms with Gasteiger partial charge in [0.1, 0.15) is 0 Å². The highest BCUT2D eigenvalue weighted by Gasteiger charge is 2.26. The van der Waals surface area contributed by atoms with Gasteiger partial charge in [0, 0.05) is 0 Å². The number of nitrogens with zero attached hydrogens (tertiary/aromatic N) is 1. The molecule has 4 nitrogen and oxygen atoms in total. The highest BCUT2D eigenvalue weighted by atomic mass is 16.5. The van der Waals surface area contributed by atoms with E-state index in [0.29, 0.717) is 6.61 Å². The van der Waals surface area contributed by atoms with Crippen molar-refractivity contribution in [3.05, 3.63) is 46.6 Å². The molecular formula is C26H40N2O2. The standard InChI is InChI=1S/C26H40N2O2/c1-6-7-8-9-10-11-17-30-25(29)24-27-19-22(28-24)18-20(2)14-15-23-21(3)13-12-16-26(23,4)5/h14-15,18-19H,6-13,16-17H2,1-5H3,(H,27,28). The van der Waals surface area contributed by atoms with Gasteiger partial charge < -0.3 is 9.72 Å². The van der Waals surface area contributed by atoms with E-state index in [1.54, 1.807) is 6.20 Å². The van der Waals surface area contributed by atoms with Crippen LogP contribution in [0.25, 0.3) is 6.08 Å². The lowest BCUT2D eigenvalue weighted by molar-refractivity contribution is 0.0484. The molecule has 1 aliphatic rings. The fourth-order valence-electron chi connectivity index (χ4n) is 4.15. The number of aromatic nitrogens is 2. The maximum absolute atomic E-state index is 12.2. The number of ether oxygens (including phenoxy) is 1. The largest absolute Gasteiger partial charge is 0.460 e. The summed E-state index contributed by atoms with van der Waals surface area (Å²) in [4.78, 5) is 19.4. The minimum atomic E-state index is -0.374. The van der Waals surface area contributed by atoms with Gasteiger partial charge in [0.05, 0.1) is 18.5 Å². The van der Waals surface area contributed by atoms with Gasteiger partial charge in [-0.05, 0) is 62.2 Å². The van der Waals surface area contributed by atoms with Gasteiger partial charge in [-0.3, -0.25) is 0 Å². The number of nitrogens with one attached hydrogen (secondary N) is 1. The Morgan fingerprint density at radius 1 is 1.23 bits per heavy atom. The Hall–Kier alpha value is -2.10. The summed E-state index contributed by atoms with van der Waals surface area (Å²) in [5, 5.41) is 0. The number of carbonyl (C=O) groups is 1. The molecule has 0 amide bonds. The summed E-state index contributed by atoms with van der Waals surface area (Å²) in [6.07, 6.45) is 18.8. The van der Waals surface area contributed by atoms with Crippen LogP contribution in [0.1, 0.15) is 109 Å². The molecule has 1 aromatic heterocycles. The van der Waals surface area contributed by atoms with Crippen molar-refractivity contribution in [3.8, 4) is 0 Å². The van der Waals surface area contributed by atoms with Gasteiger partial charge in [-0.15, -0.1) is 0 Å². The molecule has 0 bridgehead atoms. The molecule has 166 valence electrons. The van der Waals surface area contributed by atoms with E-state index in [1.165, 1.54) is 56.1 Å². The normalized spacial score (nSPS) is 17.0. The van der Waals surface area contributed by atoms with E-state index < -0.39 is 0 Å². The van der Waals surface area contributed by atoms with Crippen LogP contribution in [0.5, 0.6) is 0 Å². The lowest BCUT2D eigenvalue weighted by Crippen LogP contribution is -2.19. The van der Waals surface area contributed by atoms with Crippen molar-refractivity contribution in [2.75, 3.05) is 6.61 Å². The van der Waals surface area contributed by atoms with Crippen molar-refractivity contribution in [2.24, 2.45) is 5.41 Å². The Bertz CT molecular complexity index is 781. The maximum Gasteiger partial charge on any atom is 0.374 e. The Morgan fingerprint density at radius 3 is 2.70 bits per heavy atom. The number of unbranched alkanes of at least 4 members (excludes halogenated alkanes) is 5. The number of hydrogen-bond donors (Lipinski definition) is 1. The fourth-order valence-corrected chi connectivity index (χ4v) is 4.15. The van der Waals surface area contributed by atoms with Gasteiger partial charge >= 0.3 is 5.97 Å². The van der Waals surface area contributed by atoms with E-state index in [2.05, 4.69) is 56.7 Å². The quantitative estimate of drug-likeness (QED) is 0.234. The van der Waals surface area contributed by atoms with Gasteiger partial charge in [0.2, 0.25) is 5.82 Å². The number of carbonyl (C=O) groups excluding carboxylic acids is 1. The van der Waals surface area contributed by atoms with Crippen LogP contribution in [0.4, 0.5) is 0 Å². The second kappa shape index (κ2) is 11.9. The van der Waals surface area contributed by atoms with Crippen LogP contribution in [0, 0.1) is 5.41 Å². The van der Waals surface area contributed by atoms with Gasteiger partial charge in [0.25, 0.3) is 0 Å². The third kappa shape index (κ3) is 7.62. The molecule has 1 aromatic rings. The summed E-state index contributed by atoms with van der Waals surface area (Å²) in [5.74, 6) is -0.0999. The molecule has 0 aliphatic heterocycles. The SMILES string of the molecule is CCCCCCCCOC(=O)c1ncc(C=C(C)C=CC2=C(C)CCCC2(C)C)[nH]1. The summed E-state index contributed by atoms with van der Waals surface area (Å²) in [6.45, 7) is 11.6.